The molecule has 1 aliphatic carbocycles. The first-order valence-electron chi connectivity index (χ1n) is 14.7. The highest BCUT2D eigenvalue weighted by atomic mass is 16.5. The number of benzene rings is 4. The maximum absolute atomic E-state index is 6.16. The van der Waals surface area contributed by atoms with E-state index in [1.165, 1.54) is 43.2 Å². The second kappa shape index (κ2) is 12.1. The molecule has 4 nitrogen and oxygen atoms in total. The van der Waals surface area contributed by atoms with Gasteiger partial charge in [0.15, 0.2) is 0 Å². The molecule has 40 heavy (non-hydrogen) atoms. The SMILES string of the molecule is CCCCC1CCC(c2ccc(Oc3ccc(N)c(C)c3)cc2)(c2ccc(Oc3ccc(N)c(C)c3)cc2)CC1. The van der Waals surface area contributed by atoms with E-state index in [1.807, 2.05) is 50.2 Å². The third-order valence-electron chi connectivity index (χ3n) is 8.69. The number of hydrogen-bond acceptors (Lipinski definition) is 4. The highest BCUT2D eigenvalue weighted by Gasteiger charge is 2.38. The Morgan fingerprint density at radius 1 is 0.650 bits per heavy atom. The molecule has 0 aliphatic heterocycles. The molecule has 4 aromatic carbocycles. The molecule has 0 aromatic heterocycles. The fraction of sp³-hybridized carbons (Fsp3) is 0.333. The summed E-state index contributed by atoms with van der Waals surface area (Å²) in [4.78, 5) is 0. The molecule has 0 unspecified atom stereocenters. The van der Waals surface area contributed by atoms with E-state index in [-0.39, 0.29) is 5.41 Å². The molecular weight excluding hydrogens is 492 g/mol. The first-order valence-corrected chi connectivity index (χ1v) is 14.7. The molecule has 1 aliphatic rings. The van der Waals surface area contributed by atoms with Gasteiger partial charge in [0.25, 0.3) is 0 Å². The van der Waals surface area contributed by atoms with Crippen molar-refractivity contribution in [2.75, 3.05) is 11.5 Å². The van der Waals surface area contributed by atoms with Crippen LogP contribution in [0.25, 0.3) is 0 Å². The molecule has 0 saturated heterocycles. The molecule has 4 N–H and O–H groups in total. The lowest BCUT2D eigenvalue weighted by Gasteiger charge is -2.41. The maximum Gasteiger partial charge on any atom is 0.127 e. The molecule has 4 aromatic rings. The number of rotatable bonds is 9. The monoisotopic (exact) mass is 534 g/mol. The van der Waals surface area contributed by atoms with E-state index >= 15 is 0 Å². The van der Waals surface area contributed by atoms with Crippen LogP contribution in [0.1, 0.15) is 74.1 Å². The van der Waals surface area contributed by atoms with Gasteiger partial charge in [0, 0.05) is 16.8 Å². The zero-order valence-corrected chi connectivity index (χ0v) is 24.1. The predicted octanol–water partition coefficient (Wildman–Crippen LogP) is 9.72. The summed E-state index contributed by atoms with van der Waals surface area (Å²) >= 11 is 0. The highest BCUT2D eigenvalue weighted by molar-refractivity contribution is 5.52. The zero-order chi connectivity index (χ0) is 28.1. The summed E-state index contributed by atoms with van der Waals surface area (Å²) in [5.74, 6) is 4.10. The highest BCUT2D eigenvalue weighted by Crippen LogP contribution is 2.48. The van der Waals surface area contributed by atoms with Gasteiger partial charge in [-0.05, 0) is 128 Å². The quantitative estimate of drug-likeness (QED) is 0.210. The van der Waals surface area contributed by atoms with Gasteiger partial charge < -0.3 is 20.9 Å². The van der Waals surface area contributed by atoms with E-state index in [9.17, 15) is 0 Å². The largest absolute Gasteiger partial charge is 0.457 e. The van der Waals surface area contributed by atoms with Gasteiger partial charge in [-0.3, -0.25) is 0 Å². The van der Waals surface area contributed by atoms with Crippen molar-refractivity contribution >= 4 is 11.4 Å². The Morgan fingerprint density at radius 3 is 1.48 bits per heavy atom. The van der Waals surface area contributed by atoms with Gasteiger partial charge in [0.05, 0.1) is 0 Å². The molecular formula is C36H42N2O2. The van der Waals surface area contributed by atoms with Gasteiger partial charge in [-0.25, -0.2) is 0 Å². The van der Waals surface area contributed by atoms with E-state index in [0.29, 0.717) is 0 Å². The van der Waals surface area contributed by atoms with E-state index in [4.69, 9.17) is 20.9 Å². The van der Waals surface area contributed by atoms with Crippen LogP contribution >= 0.6 is 0 Å². The molecule has 5 rings (SSSR count). The first kappa shape index (κ1) is 27.6. The van der Waals surface area contributed by atoms with Crippen LogP contribution in [0, 0.1) is 19.8 Å². The predicted molar refractivity (Wildman–Crippen MR) is 166 cm³/mol. The normalized spacial score (nSPS) is 15.1. The topological polar surface area (TPSA) is 70.5 Å². The van der Waals surface area contributed by atoms with Gasteiger partial charge in [0.1, 0.15) is 23.0 Å². The van der Waals surface area contributed by atoms with Gasteiger partial charge in [-0.15, -0.1) is 0 Å². The third-order valence-corrected chi connectivity index (χ3v) is 8.69. The Kier molecular flexibility index (Phi) is 8.35. The lowest BCUT2D eigenvalue weighted by Crippen LogP contribution is -2.33. The molecule has 0 bridgehead atoms. The Morgan fingerprint density at radius 2 is 1.07 bits per heavy atom. The lowest BCUT2D eigenvalue weighted by atomic mass is 9.62. The van der Waals surface area contributed by atoms with Crippen LogP contribution in [-0.4, -0.2) is 0 Å². The zero-order valence-electron chi connectivity index (χ0n) is 24.1. The molecule has 4 heteroatoms. The summed E-state index contributed by atoms with van der Waals surface area (Å²) < 4.78 is 12.3. The minimum absolute atomic E-state index is 0.0185. The third kappa shape index (κ3) is 6.12. The van der Waals surface area contributed by atoms with Crippen LogP contribution in [0.15, 0.2) is 84.9 Å². The van der Waals surface area contributed by atoms with Gasteiger partial charge >= 0.3 is 0 Å². The van der Waals surface area contributed by atoms with Crippen molar-refractivity contribution in [3.05, 3.63) is 107 Å². The van der Waals surface area contributed by atoms with Crippen LogP contribution in [0.2, 0.25) is 0 Å². The molecule has 208 valence electrons. The van der Waals surface area contributed by atoms with Gasteiger partial charge in [0.2, 0.25) is 0 Å². The Balaban J connectivity index is 1.39. The van der Waals surface area contributed by atoms with Crippen LogP contribution in [-0.2, 0) is 5.41 Å². The van der Waals surface area contributed by atoms with E-state index in [0.717, 1.165) is 64.3 Å². The number of nitrogens with two attached hydrogens (primary N) is 2. The number of aryl methyl sites for hydroxylation is 2. The molecule has 0 spiro atoms. The smallest absolute Gasteiger partial charge is 0.127 e. The van der Waals surface area contributed by atoms with Crippen molar-refractivity contribution in [2.24, 2.45) is 5.92 Å². The second-order valence-electron chi connectivity index (χ2n) is 11.5. The molecule has 0 heterocycles. The molecule has 0 amide bonds. The van der Waals surface area contributed by atoms with Crippen LogP contribution in [0.5, 0.6) is 23.0 Å². The number of anilines is 2. The lowest BCUT2D eigenvalue weighted by molar-refractivity contribution is 0.251. The van der Waals surface area contributed by atoms with Gasteiger partial charge in [-0.2, -0.15) is 0 Å². The fourth-order valence-electron chi connectivity index (χ4n) is 6.08. The van der Waals surface area contributed by atoms with Crippen molar-refractivity contribution in [3.63, 3.8) is 0 Å². The Bertz CT molecular complexity index is 1320. The summed E-state index contributed by atoms with van der Waals surface area (Å²) in [6, 6.07) is 29.0. The maximum atomic E-state index is 6.16. The minimum atomic E-state index is -0.0185. The molecule has 1 saturated carbocycles. The van der Waals surface area contributed by atoms with Crippen molar-refractivity contribution in [2.45, 2.75) is 71.1 Å². The molecule has 0 radical (unpaired) electrons. The number of unbranched alkanes of at least 4 members (excludes halogenated alkanes) is 1. The van der Waals surface area contributed by atoms with E-state index in [1.54, 1.807) is 0 Å². The second-order valence-corrected chi connectivity index (χ2v) is 11.5. The Labute approximate surface area is 239 Å². The van der Waals surface area contributed by atoms with Crippen molar-refractivity contribution in [1.82, 2.24) is 0 Å². The first-order chi connectivity index (χ1) is 19.4. The number of ether oxygens (including phenoxy) is 2. The average molecular weight is 535 g/mol. The van der Waals surface area contributed by atoms with Crippen LogP contribution < -0.4 is 20.9 Å². The van der Waals surface area contributed by atoms with E-state index < -0.39 is 0 Å². The van der Waals surface area contributed by atoms with Crippen LogP contribution in [0.3, 0.4) is 0 Å². The average Bonchev–Trinajstić information content (AvgIpc) is 2.97. The molecule has 1 fully saturated rings. The van der Waals surface area contributed by atoms with Crippen molar-refractivity contribution in [1.29, 1.82) is 0 Å². The standard InChI is InChI=1S/C36H42N2O2/c1-4-5-6-27-19-21-36(22-20-27,28-7-11-30(12-8-28)39-32-15-17-34(37)25(2)23-32)29-9-13-31(14-10-29)40-33-16-18-35(38)26(3)24-33/h7-18,23-24,27H,4-6,19-22,37-38H2,1-3H3. The fourth-order valence-corrected chi connectivity index (χ4v) is 6.08. The van der Waals surface area contributed by atoms with Crippen LogP contribution in [0.4, 0.5) is 11.4 Å². The van der Waals surface area contributed by atoms with Gasteiger partial charge in [-0.1, -0.05) is 50.5 Å². The number of hydrogen-bond donors (Lipinski definition) is 2. The van der Waals surface area contributed by atoms with Crippen molar-refractivity contribution < 1.29 is 9.47 Å². The number of nitrogen functional groups attached to an aromatic ring is 2. The summed E-state index contributed by atoms with van der Waals surface area (Å²) in [6.45, 7) is 6.29. The summed E-state index contributed by atoms with van der Waals surface area (Å²) in [7, 11) is 0. The molecule has 0 atom stereocenters. The van der Waals surface area contributed by atoms with E-state index in [2.05, 4.69) is 55.5 Å². The van der Waals surface area contributed by atoms with Crippen molar-refractivity contribution in [3.8, 4) is 23.0 Å². The minimum Gasteiger partial charge on any atom is -0.457 e. The summed E-state index contributed by atoms with van der Waals surface area (Å²) in [5.41, 5.74) is 18.2. The summed E-state index contributed by atoms with van der Waals surface area (Å²) in [6.07, 6.45) is 8.74. The Hall–Kier alpha value is -3.92. The summed E-state index contributed by atoms with van der Waals surface area (Å²) in [5, 5.41) is 0.